The molecule has 0 aliphatic rings. The molecule has 2 aromatic carbocycles. The molecule has 1 amide bonds. The van der Waals surface area contributed by atoms with Crippen molar-refractivity contribution in [3.63, 3.8) is 0 Å². The van der Waals surface area contributed by atoms with Crippen LogP contribution in [0.25, 0.3) is 0 Å². The first kappa shape index (κ1) is 18.0. The Labute approximate surface area is 146 Å². The fourth-order valence-corrected chi connectivity index (χ4v) is 2.23. The average molecular weight is 346 g/mol. The number of carbonyl (C=O) groups is 2. The highest BCUT2D eigenvalue weighted by Gasteiger charge is 2.21. The number of hydrogen-bond acceptors (Lipinski definition) is 3. The number of halogens is 1. The van der Waals surface area contributed by atoms with Crippen molar-refractivity contribution >= 4 is 23.5 Å². The molecule has 5 heteroatoms. The molecule has 1 N–H and O–H groups in total. The number of ether oxygens (including phenoxy) is 1. The molecule has 0 radical (unpaired) electrons. The fourth-order valence-electron chi connectivity index (χ4n) is 2.04. The predicted octanol–water partition coefficient (Wildman–Crippen LogP) is 4.23. The van der Waals surface area contributed by atoms with Gasteiger partial charge in [0.25, 0.3) is 5.91 Å². The fraction of sp³-hybridized carbons (Fsp3) is 0.263. The minimum Gasteiger partial charge on any atom is -0.456 e. The summed E-state index contributed by atoms with van der Waals surface area (Å²) < 4.78 is 5.31. The number of amides is 1. The summed E-state index contributed by atoms with van der Waals surface area (Å²) in [6.45, 7) is 5.73. The van der Waals surface area contributed by atoms with Gasteiger partial charge in [0.05, 0.1) is 10.6 Å². The molecule has 24 heavy (non-hydrogen) atoms. The molecule has 0 aromatic heterocycles. The third-order valence-corrected chi connectivity index (χ3v) is 3.47. The Morgan fingerprint density at radius 2 is 1.75 bits per heavy atom. The van der Waals surface area contributed by atoms with Crippen molar-refractivity contribution in [2.75, 3.05) is 0 Å². The molecule has 0 aliphatic heterocycles. The molecule has 0 fully saturated rings. The van der Waals surface area contributed by atoms with Gasteiger partial charge < -0.3 is 10.1 Å². The maximum Gasteiger partial charge on any atom is 0.340 e. The van der Waals surface area contributed by atoms with Crippen molar-refractivity contribution in [1.82, 2.24) is 5.32 Å². The Morgan fingerprint density at radius 3 is 2.38 bits per heavy atom. The van der Waals surface area contributed by atoms with Gasteiger partial charge in [-0.05, 0) is 44.5 Å². The average Bonchev–Trinajstić information content (AvgIpc) is 2.52. The minimum atomic E-state index is -0.633. The highest BCUT2D eigenvalue weighted by Crippen LogP contribution is 2.21. The van der Waals surface area contributed by atoms with Crippen LogP contribution in [0.5, 0.6) is 0 Å². The normalized spacial score (nSPS) is 11.0. The second-order valence-corrected chi connectivity index (χ2v) is 6.77. The SMILES string of the molecule is CC(C)(C)OC(=O)c1cc(C(=O)NCc2ccccc2)ccc1Cl. The van der Waals surface area contributed by atoms with E-state index in [-0.39, 0.29) is 16.5 Å². The van der Waals surface area contributed by atoms with Crippen molar-refractivity contribution in [1.29, 1.82) is 0 Å². The lowest BCUT2D eigenvalue weighted by Gasteiger charge is -2.20. The maximum atomic E-state index is 12.3. The molecule has 2 aromatic rings. The first-order valence-electron chi connectivity index (χ1n) is 7.61. The molecule has 0 atom stereocenters. The van der Waals surface area contributed by atoms with E-state index in [4.69, 9.17) is 16.3 Å². The van der Waals surface area contributed by atoms with E-state index in [2.05, 4.69) is 5.32 Å². The van der Waals surface area contributed by atoms with E-state index >= 15 is 0 Å². The van der Waals surface area contributed by atoms with Crippen LogP contribution in [0.1, 0.15) is 47.1 Å². The van der Waals surface area contributed by atoms with Crippen LogP contribution in [0.4, 0.5) is 0 Å². The molecule has 126 valence electrons. The predicted molar refractivity (Wildman–Crippen MR) is 94.2 cm³/mol. The zero-order valence-electron chi connectivity index (χ0n) is 13.9. The Balaban J connectivity index is 2.12. The Hall–Kier alpha value is -2.33. The topological polar surface area (TPSA) is 55.4 Å². The lowest BCUT2D eigenvalue weighted by Crippen LogP contribution is -2.25. The van der Waals surface area contributed by atoms with E-state index < -0.39 is 11.6 Å². The lowest BCUT2D eigenvalue weighted by atomic mass is 10.1. The largest absolute Gasteiger partial charge is 0.456 e. The Kier molecular flexibility index (Phi) is 5.62. The van der Waals surface area contributed by atoms with Crippen molar-refractivity contribution in [2.24, 2.45) is 0 Å². The Bertz CT molecular complexity index is 736. The summed E-state index contributed by atoms with van der Waals surface area (Å²) in [6, 6.07) is 14.1. The van der Waals surface area contributed by atoms with Gasteiger partial charge in [-0.25, -0.2) is 4.79 Å². The number of benzene rings is 2. The van der Waals surface area contributed by atoms with E-state index in [1.807, 2.05) is 30.3 Å². The lowest BCUT2D eigenvalue weighted by molar-refractivity contribution is 0.00697. The monoisotopic (exact) mass is 345 g/mol. The van der Waals surface area contributed by atoms with Crippen LogP contribution in [-0.4, -0.2) is 17.5 Å². The maximum absolute atomic E-state index is 12.3. The van der Waals surface area contributed by atoms with Crippen LogP contribution < -0.4 is 5.32 Å². The van der Waals surface area contributed by atoms with Crippen molar-refractivity contribution < 1.29 is 14.3 Å². The van der Waals surface area contributed by atoms with Crippen molar-refractivity contribution in [3.8, 4) is 0 Å². The van der Waals surface area contributed by atoms with Gasteiger partial charge in [0.2, 0.25) is 0 Å². The molecule has 0 aliphatic carbocycles. The van der Waals surface area contributed by atoms with E-state index in [0.29, 0.717) is 12.1 Å². The van der Waals surface area contributed by atoms with Crippen molar-refractivity contribution in [3.05, 3.63) is 70.2 Å². The number of carbonyl (C=O) groups excluding carboxylic acids is 2. The number of esters is 1. The summed E-state index contributed by atoms with van der Waals surface area (Å²) in [4.78, 5) is 24.5. The standard InChI is InChI=1S/C19H20ClNO3/c1-19(2,3)24-18(23)15-11-14(9-10-16(15)20)17(22)21-12-13-7-5-4-6-8-13/h4-11H,12H2,1-3H3,(H,21,22). The molecule has 4 nitrogen and oxygen atoms in total. The zero-order chi connectivity index (χ0) is 17.7. The van der Waals surface area contributed by atoms with Gasteiger partial charge in [-0.1, -0.05) is 41.9 Å². The van der Waals surface area contributed by atoms with E-state index in [0.717, 1.165) is 5.56 Å². The van der Waals surface area contributed by atoms with Crippen LogP contribution >= 0.6 is 11.6 Å². The highest BCUT2D eigenvalue weighted by molar-refractivity contribution is 6.33. The van der Waals surface area contributed by atoms with E-state index in [9.17, 15) is 9.59 Å². The third kappa shape index (κ3) is 5.10. The zero-order valence-corrected chi connectivity index (χ0v) is 14.7. The third-order valence-electron chi connectivity index (χ3n) is 3.14. The van der Waals surface area contributed by atoms with Gasteiger partial charge in [-0.3, -0.25) is 4.79 Å². The molecule has 0 unspecified atom stereocenters. The van der Waals surface area contributed by atoms with Crippen molar-refractivity contribution in [2.45, 2.75) is 32.9 Å². The summed E-state index contributed by atoms with van der Waals surface area (Å²) in [7, 11) is 0. The second-order valence-electron chi connectivity index (χ2n) is 6.36. The second kappa shape index (κ2) is 7.49. The summed E-state index contributed by atoms with van der Waals surface area (Å²) in [5.41, 5.74) is 0.897. The van der Waals surface area contributed by atoms with Gasteiger partial charge in [0, 0.05) is 12.1 Å². The summed E-state index contributed by atoms with van der Waals surface area (Å²) in [5.74, 6) is -0.828. The number of hydrogen-bond donors (Lipinski definition) is 1. The summed E-state index contributed by atoms with van der Waals surface area (Å²) in [5, 5.41) is 3.07. The van der Waals surface area contributed by atoms with Crippen LogP contribution in [0.3, 0.4) is 0 Å². The summed E-state index contributed by atoms with van der Waals surface area (Å²) >= 11 is 6.07. The van der Waals surface area contributed by atoms with Crippen LogP contribution in [-0.2, 0) is 11.3 Å². The van der Waals surface area contributed by atoms with Gasteiger partial charge in [-0.2, -0.15) is 0 Å². The van der Waals surface area contributed by atoms with Gasteiger partial charge in [-0.15, -0.1) is 0 Å². The number of nitrogens with one attached hydrogen (secondary N) is 1. The van der Waals surface area contributed by atoms with E-state index in [1.54, 1.807) is 26.8 Å². The van der Waals surface area contributed by atoms with Gasteiger partial charge >= 0.3 is 5.97 Å². The molecular weight excluding hydrogens is 326 g/mol. The molecule has 0 spiro atoms. The summed E-state index contributed by atoms with van der Waals surface area (Å²) in [6.07, 6.45) is 0. The molecule has 0 heterocycles. The van der Waals surface area contributed by atoms with E-state index in [1.165, 1.54) is 12.1 Å². The van der Waals surface area contributed by atoms with Crippen LogP contribution in [0, 0.1) is 0 Å². The van der Waals surface area contributed by atoms with Gasteiger partial charge in [0.1, 0.15) is 5.60 Å². The quantitative estimate of drug-likeness (QED) is 0.844. The highest BCUT2D eigenvalue weighted by atomic mass is 35.5. The molecule has 2 rings (SSSR count). The molecular formula is C19H20ClNO3. The molecule has 0 saturated heterocycles. The smallest absolute Gasteiger partial charge is 0.340 e. The minimum absolute atomic E-state index is 0.180. The first-order chi connectivity index (χ1) is 11.3. The van der Waals surface area contributed by atoms with Crippen LogP contribution in [0.15, 0.2) is 48.5 Å². The number of rotatable bonds is 4. The van der Waals surface area contributed by atoms with Gasteiger partial charge in [0.15, 0.2) is 0 Å². The molecule has 0 bridgehead atoms. The Morgan fingerprint density at radius 1 is 1.08 bits per heavy atom. The van der Waals surface area contributed by atoms with Crippen LogP contribution in [0.2, 0.25) is 5.02 Å². The first-order valence-corrected chi connectivity index (χ1v) is 7.99. The molecule has 0 saturated carbocycles.